The Morgan fingerprint density at radius 2 is 1.81 bits per heavy atom. The Bertz CT molecular complexity index is 456. The van der Waals surface area contributed by atoms with Crippen molar-refractivity contribution in [3.8, 4) is 0 Å². The van der Waals surface area contributed by atoms with Crippen LogP contribution in [0.5, 0.6) is 0 Å². The van der Waals surface area contributed by atoms with Gasteiger partial charge in [-0.15, -0.1) is 0 Å². The summed E-state index contributed by atoms with van der Waals surface area (Å²) < 4.78 is 37.3. The molecule has 3 N–H and O–H groups in total. The van der Waals surface area contributed by atoms with Crippen LogP contribution in [0.2, 0.25) is 0 Å². The fraction of sp³-hybridized carbons (Fsp3) is 0.500. The minimum Gasteiger partial charge on any atom is -0.394 e. The van der Waals surface area contributed by atoms with E-state index in [-0.39, 0.29) is 12.6 Å². The Hall–Kier alpha value is -1.76. The van der Waals surface area contributed by atoms with E-state index < -0.39 is 23.8 Å². The largest absolute Gasteiger partial charge is 0.416 e. The van der Waals surface area contributed by atoms with Gasteiger partial charge in [-0.25, -0.2) is 4.79 Å². The van der Waals surface area contributed by atoms with Crippen LogP contribution >= 0.6 is 0 Å². The minimum atomic E-state index is -4.37. The van der Waals surface area contributed by atoms with Crippen LogP contribution in [0, 0.1) is 0 Å². The Morgan fingerprint density at radius 1 is 1.24 bits per heavy atom. The van der Waals surface area contributed by atoms with Gasteiger partial charge in [0.15, 0.2) is 0 Å². The summed E-state index contributed by atoms with van der Waals surface area (Å²) in [4.78, 5) is 11.7. The first-order chi connectivity index (χ1) is 9.77. The molecule has 0 spiro atoms. The fourth-order valence-corrected chi connectivity index (χ4v) is 1.74. The van der Waals surface area contributed by atoms with Gasteiger partial charge in [0.05, 0.1) is 24.3 Å². The first-order valence-electron chi connectivity index (χ1n) is 6.63. The molecule has 0 aromatic heterocycles. The third-order valence-corrected chi connectivity index (χ3v) is 3.13. The van der Waals surface area contributed by atoms with Crippen LogP contribution in [0.3, 0.4) is 0 Å². The highest BCUT2D eigenvalue weighted by molar-refractivity contribution is 5.74. The lowest BCUT2D eigenvalue weighted by Gasteiger charge is -2.19. The standard InChI is InChI=1S/C14H19F3N2O2/c1-3-12(8-20)19-13(21)18-9(2)10-4-6-11(7-5-10)14(15,16)17/h4-7,9,12,20H,3,8H2,1-2H3,(H2,18,19,21). The summed E-state index contributed by atoms with van der Waals surface area (Å²) in [5.74, 6) is 0. The maximum atomic E-state index is 12.4. The Kier molecular flexibility index (Phi) is 6.02. The zero-order chi connectivity index (χ0) is 16.0. The summed E-state index contributed by atoms with van der Waals surface area (Å²) in [5.41, 5.74) is -0.163. The molecule has 0 fully saturated rings. The summed E-state index contributed by atoms with van der Waals surface area (Å²) in [7, 11) is 0. The molecule has 0 saturated heterocycles. The lowest BCUT2D eigenvalue weighted by atomic mass is 10.1. The van der Waals surface area contributed by atoms with Crippen molar-refractivity contribution >= 4 is 6.03 Å². The van der Waals surface area contributed by atoms with Gasteiger partial charge in [0.2, 0.25) is 0 Å². The summed E-state index contributed by atoms with van der Waals surface area (Å²) in [6.45, 7) is 3.32. The van der Waals surface area contributed by atoms with Crippen LogP contribution in [-0.4, -0.2) is 23.8 Å². The first-order valence-corrected chi connectivity index (χ1v) is 6.63. The zero-order valence-corrected chi connectivity index (χ0v) is 11.9. The van der Waals surface area contributed by atoms with Gasteiger partial charge in [0, 0.05) is 0 Å². The number of carbonyl (C=O) groups is 1. The quantitative estimate of drug-likeness (QED) is 0.783. The molecule has 7 heteroatoms. The molecule has 2 amide bonds. The highest BCUT2D eigenvalue weighted by atomic mass is 19.4. The van der Waals surface area contributed by atoms with E-state index in [2.05, 4.69) is 10.6 Å². The van der Waals surface area contributed by atoms with E-state index in [9.17, 15) is 18.0 Å². The van der Waals surface area contributed by atoms with Gasteiger partial charge in [-0.3, -0.25) is 0 Å². The third kappa shape index (κ3) is 5.26. The number of rotatable bonds is 5. The number of amides is 2. The van der Waals surface area contributed by atoms with Crippen molar-refractivity contribution < 1.29 is 23.1 Å². The van der Waals surface area contributed by atoms with Gasteiger partial charge < -0.3 is 15.7 Å². The Morgan fingerprint density at radius 3 is 2.24 bits per heavy atom. The van der Waals surface area contributed by atoms with E-state index in [4.69, 9.17) is 5.11 Å². The highest BCUT2D eigenvalue weighted by Crippen LogP contribution is 2.29. The Labute approximate surface area is 121 Å². The van der Waals surface area contributed by atoms with Gasteiger partial charge in [-0.05, 0) is 31.0 Å². The molecule has 0 bridgehead atoms. The molecule has 0 aliphatic rings. The van der Waals surface area contributed by atoms with Gasteiger partial charge in [-0.2, -0.15) is 13.2 Å². The number of carbonyl (C=O) groups excluding carboxylic acids is 1. The average Bonchev–Trinajstić information content (AvgIpc) is 2.43. The lowest BCUT2D eigenvalue weighted by molar-refractivity contribution is -0.137. The van der Waals surface area contributed by atoms with Crippen LogP contribution in [-0.2, 0) is 6.18 Å². The molecule has 4 nitrogen and oxygen atoms in total. The van der Waals surface area contributed by atoms with Crippen LogP contribution < -0.4 is 10.6 Å². The van der Waals surface area contributed by atoms with Crippen molar-refractivity contribution in [3.05, 3.63) is 35.4 Å². The van der Waals surface area contributed by atoms with Crippen molar-refractivity contribution in [3.63, 3.8) is 0 Å². The molecule has 1 aromatic carbocycles. The topological polar surface area (TPSA) is 61.4 Å². The first kappa shape index (κ1) is 17.3. The number of benzene rings is 1. The molecule has 0 aliphatic heterocycles. The van der Waals surface area contributed by atoms with E-state index in [1.54, 1.807) is 6.92 Å². The van der Waals surface area contributed by atoms with Crippen LogP contribution in [0.15, 0.2) is 24.3 Å². The minimum absolute atomic E-state index is 0.168. The fourth-order valence-electron chi connectivity index (χ4n) is 1.74. The highest BCUT2D eigenvalue weighted by Gasteiger charge is 2.30. The van der Waals surface area contributed by atoms with E-state index in [1.165, 1.54) is 12.1 Å². The summed E-state index contributed by atoms with van der Waals surface area (Å²) >= 11 is 0. The second kappa shape index (κ2) is 7.31. The molecule has 1 aromatic rings. The molecular weight excluding hydrogens is 285 g/mol. The number of halogens is 3. The lowest BCUT2D eigenvalue weighted by Crippen LogP contribution is -2.44. The van der Waals surface area contributed by atoms with Gasteiger partial charge in [-0.1, -0.05) is 19.1 Å². The van der Waals surface area contributed by atoms with Gasteiger partial charge in [0.25, 0.3) is 0 Å². The SMILES string of the molecule is CCC(CO)NC(=O)NC(C)c1ccc(C(F)(F)F)cc1. The molecule has 2 atom stereocenters. The molecule has 21 heavy (non-hydrogen) atoms. The normalized spacial score (nSPS) is 14.4. The maximum absolute atomic E-state index is 12.4. The summed E-state index contributed by atoms with van der Waals surface area (Å²) in [5, 5.41) is 14.2. The predicted octanol–water partition coefficient (Wildman–Crippen LogP) is 2.84. The number of aliphatic hydroxyl groups excluding tert-OH is 1. The molecule has 2 unspecified atom stereocenters. The number of nitrogens with one attached hydrogen (secondary N) is 2. The van der Waals surface area contributed by atoms with Crippen LogP contribution in [0.4, 0.5) is 18.0 Å². The number of hydrogen-bond acceptors (Lipinski definition) is 2. The van der Waals surface area contributed by atoms with Crippen molar-refractivity contribution in [1.82, 2.24) is 10.6 Å². The molecular formula is C14H19F3N2O2. The second-order valence-electron chi connectivity index (χ2n) is 4.75. The van der Waals surface area contributed by atoms with E-state index in [1.807, 2.05) is 6.92 Å². The number of alkyl halides is 3. The van der Waals surface area contributed by atoms with E-state index in [0.717, 1.165) is 12.1 Å². The molecule has 1 rings (SSSR count). The van der Waals surface area contributed by atoms with Gasteiger partial charge >= 0.3 is 12.2 Å². The van der Waals surface area contributed by atoms with Crippen molar-refractivity contribution in [2.24, 2.45) is 0 Å². The summed E-state index contributed by atoms with van der Waals surface area (Å²) in [6.07, 6.45) is -3.79. The smallest absolute Gasteiger partial charge is 0.394 e. The maximum Gasteiger partial charge on any atom is 0.416 e. The van der Waals surface area contributed by atoms with Crippen molar-refractivity contribution in [2.75, 3.05) is 6.61 Å². The zero-order valence-electron chi connectivity index (χ0n) is 11.9. The second-order valence-corrected chi connectivity index (χ2v) is 4.75. The number of hydrogen-bond donors (Lipinski definition) is 3. The predicted molar refractivity (Wildman–Crippen MR) is 72.7 cm³/mol. The number of aliphatic hydroxyl groups is 1. The van der Waals surface area contributed by atoms with Crippen LogP contribution in [0.1, 0.15) is 37.4 Å². The Balaban J connectivity index is 2.63. The molecule has 0 heterocycles. The molecule has 0 saturated carbocycles. The average molecular weight is 304 g/mol. The van der Waals surface area contributed by atoms with Gasteiger partial charge in [0.1, 0.15) is 0 Å². The number of urea groups is 1. The molecule has 118 valence electrons. The molecule has 0 aliphatic carbocycles. The van der Waals surface area contributed by atoms with E-state index >= 15 is 0 Å². The molecule has 0 radical (unpaired) electrons. The monoisotopic (exact) mass is 304 g/mol. The van der Waals surface area contributed by atoms with Crippen molar-refractivity contribution in [1.29, 1.82) is 0 Å². The summed E-state index contributed by atoms with van der Waals surface area (Å²) in [6, 6.07) is 3.37. The van der Waals surface area contributed by atoms with E-state index in [0.29, 0.717) is 12.0 Å². The third-order valence-electron chi connectivity index (χ3n) is 3.13. The van der Waals surface area contributed by atoms with Crippen LogP contribution in [0.25, 0.3) is 0 Å². The van der Waals surface area contributed by atoms with Crippen molar-refractivity contribution in [2.45, 2.75) is 38.5 Å².